The number of carbonyl (C=O) groups excluding carboxylic acids is 1. The summed E-state index contributed by atoms with van der Waals surface area (Å²) in [6.45, 7) is 0. The van der Waals surface area contributed by atoms with Gasteiger partial charge in [0.15, 0.2) is 5.78 Å². The van der Waals surface area contributed by atoms with Gasteiger partial charge in [0, 0.05) is 11.8 Å². The van der Waals surface area contributed by atoms with Crippen LogP contribution in [0.5, 0.6) is 0 Å². The Kier molecular flexibility index (Phi) is 3.72. The normalized spacial score (nSPS) is 20.7. The molecule has 27 heavy (non-hydrogen) atoms. The first-order chi connectivity index (χ1) is 13.3. The fraction of sp³-hybridized carbons (Fsp3) is 0.0833. The number of carbonyl (C=O) groups is 1. The lowest BCUT2D eigenvalue weighted by Crippen LogP contribution is -2.41. The third-order valence-electron chi connectivity index (χ3n) is 5.26. The van der Waals surface area contributed by atoms with Gasteiger partial charge in [0.25, 0.3) is 0 Å². The summed E-state index contributed by atoms with van der Waals surface area (Å²) in [5.41, 5.74) is 4.67. The van der Waals surface area contributed by atoms with E-state index >= 15 is 0 Å². The molecule has 0 spiro atoms. The van der Waals surface area contributed by atoms with E-state index in [0.29, 0.717) is 5.71 Å². The summed E-state index contributed by atoms with van der Waals surface area (Å²) >= 11 is 0. The Morgan fingerprint density at radius 2 is 1.44 bits per heavy atom. The lowest BCUT2D eigenvalue weighted by Gasteiger charge is -2.40. The van der Waals surface area contributed by atoms with E-state index in [1.807, 2.05) is 84.0 Å². The van der Waals surface area contributed by atoms with E-state index < -0.39 is 0 Å². The topological polar surface area (TPSA) is 32.7 Å². The maximum atomic E-state index is 13.6. The fourth-order valence-corrected chi connectivity index (χ4v) is 4.00. The number of nitrogens with zero attached hydrogens (tertiary/aromatic N) is 2. The quantitative estimate of drug-likeness (QED) is 0.666. The molecule has 2 heterocycles. The number of fused-ring (bicyclic) bond motifs is 3. The predicted molar refractivity (Wildman–Crippen MR) is 107 cm³/mol. The summed E-state index contributed by atoms with van der Waals surface area (Å²) < 4.78 is 0. The second-order valence-electron chi connectivity index (χ2n) is 6.84. The molecule has 3 aromatic rings. The van der Waals surface area contributed by atoms with Crippen LogP contribution >= 0.6 is 0 Å². The second-order valence-corrected chi connectivity index (χ2v) is 6.84. The van der Waals surface area contributed by atoms with Gasteiger partial charge in [-0.25, -0.2) is 0 Å². The molecule has 0 unspecified atom stereocenters. The van der Waals surface area contributed by atoms with Crippen molar-refractivity contribution < 1.29 is 4.79 Å². The van der Waals surface area contributed by atoms with E-state index in [-0.39, 0.29) is 17.7 Å². The maximum absolute atomic E-state index is 13.6. The van der Waals surface area contributed by atoms with Gasteiger partial charge in [-0.3, -0.25) is 9.80 Å². The first-order valence-electron chi connectivity index (χ1n) is 9.11. The highest BCUT2D eigenvalue weighted by atomic mass is 16.1. The highest BCUT2D eigenvalue weighted by Crippen LogP contribution is 2.44. The van der Waals surface area contributed by atoms with Crippen molar-refractivity contribution in [1.29, 1.82) is 0 Å². The molecule has 0 aliphatic carbocycles. The van der Waals surface area contributed by atoms with Gasteiger partial charge in [-0.15, -0.1) is 0 Å². The van der Waals surface area contributed by atoms with E-state index in [1.54, 1.807) is 0 Å². The van der Waals surface area contributed by atoms with Crippen LogP contribution in [0.1, 0.15) is 34.2 Å². The van der Waals surface area contributed by atoms with Crippen LogP contribution < -0.4 is 0 Å². The van der Waals surface area contributed by atoms with Crippen LogP contribution in [0.4, 0.5) is 0 Å². The summed E-state index contributed by atoms with van der Waals surface area (Å²) in [6, 6.07) is 27.9. The van der Waals surface area contributed by atoms with Crippen LogP contribution in [-0.2, 0) is 4.79 Å². The zero-order valence-electron chi connectivity index (χ0n) is 14.7. The lowest BCUT2D eigenvalue weighted by molar-refractivity contribution is -0.116. The van der Waals surface area contributed by atoms with Crippen molar-refractivity contribution in [3.05, 3.63) is 113 Å². The number of rotatable bonds is 2. The first kappa shape index (κ1) is 15.8. The number of Topliss-reactive ketones (excluding diaryl/α,β-unsaturated/α-hetero) is 1. The average molecular weight is 350 g/mol. The van der Waals surface area contributed by atoms with E-state index in [4.69, 9.17) is 5.10 Å². The molecule has 3 heteroatoms. The van der Waals surface area contributed by atoms with E-state index in [0.717, 1.165) is 22.3 Å². The smallest absolute Gasteiger partial charge is 0.193 e. The average Bonchev–Trinajstić information content (AvgIpc) is 2.74. The highest BCUT2D eigenvalue weighted by Gasteiger charge is 2.42. The summed E-state index contributed by atoms with van der Waals surface area (Å²) in [6.07, 6.45) is 4.05. The van der Waals surface area contributed by atoms with Crippen LogP contribution in [0.3, 0.4) is 0 Å². The van der Waals surface area contributed by atoms with Crippen LogP contribution in [-0.4, -0.2) is 16.5 Å². The fourth-order valence-electron chi connectivity index (χ4n) is 4.00. The van der Waals surface area contributed by atoms with Crippen molar-refractivity contribution >= 4 is 17.6 Å². The third kappa shape index (κ3) is 2.59. The molecular weight excluding hydrogens is 332 g/mol. The molecule has 0 bridgehead atoms. The molecule has 2 atom stereocenters. The maximum Gasteiger partial charge on any atom is 0.193 e. The molecule has 5 rings (SSSR count). The van der Waals surface area contributed by atoms with Gasteiger partial charge in [-0.1, -0.05) is 84.9 Å². The third-order valence-corrected chi connectivity index (χ3v) is 5.26. The number of ketones is 1. The molecule has 0 fully saturated rings. The number of hydrogen-bond donors (Lipinski definition) is 0. The van der Waals surface area contributed by atoms with Gasteiger partial charge in [-0.2, -0.15) is 5.10 Å². The van der Waals surface area contributed by atoms with Crippen LogP contribution in [0.25, 0.3) is 6.08 Å². The van der Waals surface area contributed by atoms with E-state index in [9.17, 15) is 4.79 Å². The van der Waals surface area contributed by atoms with E-state index in [2.05, 4.69) is 18.2 Å². The molecule has 0 N–H and O–H groups in total. The Bertz CT molecular complexity index is 1050. The molecule has 2 aliphatic heterocycles. The Morgan fingerprint density at radius 3 is 2.22 bits per heavy atom. The van der Waals surface area contributed by atoms with Crippen LogP contribution in [0.2, 0.25) is 0 Å². The molecule has 3 nitrogen and oxygen atoms in total. The monoisotopic (exact) mass is 350 g/mol. The van der Waals surface area contributed by atoms with Gasteiger partial charge in [-0.05, 0) is 22.8 Å². The standard InChI is InChI=1S/C24H18N2O/c27-24-21(18-10-3-1-4-11-18)23-20-14-8-7-9-17(20)15-16-26(23)25-22(24)19-12-5-2-6-13-19/h1-16,21,23H/t21-,23-/m1/s1. The van der Waals surface area contributed by atoms with Gasteiger partial charge >= 0.3 is 0 Å². The minimum atomic E-state index is -0.301. The van der Waals surface area contributed by atoms with E-state index in [1.165, 1.54) is 0 Å². The molecule has 0 amide bonds. The molecule has 2 aliphatic rings. The van der Waals surface area contributed by atoms with Crippen LogP contribution in [0.15, 0.2) is 96.2 Å². The summed E-state index contributed by atoms with van der Waals surface area (Å²) in [7, 11) is 0. The van der Waals surface area contributed by atoms with Crippen molar-refractivity contribution in [3.8, 4) is 0 Å². The molecule has 0 saturated heterocycles. The predicted octanol–water partition coefficient (Wildman–Crippen LogP) is 4.78. The zero-order chi connectivity index (χ0) is 18.2. The van der Waals surface area contributed by atoms with Crippen molar-refractivity contribution in [1.82, 2.24) is 5.01 Å². The molecule has 0 saturated carbocycles. The minimum absolute atomic E-state index is 0.0683. The number of benzene rings is 3. The summed E-state index contributed by atoms with van der Waals surface area (Å²) in [4.78, 5) is 13.6. The molecule has 130 valence electrons. The lowest BCUT2D eigenvalue weighted by atomic mass is 9.78. The Balaban J connectivity index is 1.72. The molecule has 3 aromatic carbocycles. The van der Waals surface area contributed by atoms with Gasteiger partial charge in [0.05, 0.1) is 12.0 Å². The van der Waals surface area contributed by atoms with Crippen molar-refractivity contribution in [2.24, 2.45) is 5.10 Å². The minimum Gasteiger partial charge on any atom is -0.292 e. The molecular formula is C24H18N2O. The first-order valence-corrected chi connectivity index (χ1v) is 9.11. The highest BCUT2D eigenvalue weighted by molar-refractivity contribution is 6.48. The van der Waals surface area contributed by atoms with Gasteiger partial charge in [0.1, 0.15) is 5.71 Å². The molecule has 0 radical (unpaired) electrons. The zero-order valence-corrected chi connectivity index (χ0v) is 14.7. The summed E-state index contributed by atoms with van der Waals surface area (Å²) in [5.74, 6) is -0.233. The van der Waals surface area contributed by atoms with Gasteiger partial charge in [0.2, 0.25) is 0 Å². The largest absolute Gasteiger partial charge is 0.292 e. The van der Waals surface area contributed by atoms with Crippen molar-refractivity contribution in [2.45, 2.75) is 12.0 Å². The number of hydrogen-bond acceptors (Lipinski definition) is 3. The van der Waals surface area contributed by atoms with Crippen LogP contribution in [0, 0.1) is 0 Å². The Hall–Kier alpha value is -3.46. The summed E-state index contributed by atoms with van der Waals surface area (Å²) in [5, 5.41) is 6.69. The number of hydrazone groups is 1. The Morgan fingerprint density at radius 1 is 0.778 bits per heavy atom. The van der Waals surface area contributed by atoms with Crippen molar-refractivity contribution in [2.75, 3.05) is 0 Å². The van der Waals surface area contributed by atoms with Crippen molar-refractivity contribution in [3.63, 3.8) is 0 Å². The molecule has 0 aromatic heterocycles. The van der Waals surface area contributed by atoms with Gasteiger partial charge < -0.3 is 0 Å². The Labute approximate surface area is 158 Å². The SMILES string of the molecule is O=C1C(c2ccccc2)=NN2C=Cc3ccccc3[C@@H]2[C@H]1c1ccccc1. The second kappa shape index (κ2) is 6.36.